The number of hydrogen-bond acceptors (Lipinski definition) is 5. The van der Waals surface area contributed by atoms with Gasteiger partial charge in [0, 0.05) is 70.0 Å². The summed E-state index contributed by atoms with van der Waals surface area (Å²) in [6, 6.07) is 1.89. The number of nitrogens with zero attached hydrogens (tertiary/aromatic N) is 3. The topological polar surface area (TPSA) is 50.2 Å². The second kappa shape index (κ2) is 15.0. The van der Waals surface area contributed by atoms with E-state index in [1.165, 1.54) is 0 Å². The third kappa shape index (κ3) is 8.35. The highest BCUT2D eigenvalue weighted by Gasteiger charge is 2.21. The zero-order chi connectivity index (χ0) is 23.9. The molecule has 0 spiro atoms. The lowest BCUT2D eigenvalue weighted by atomic mass is 10.00. The average molecular weight is 438 g/mol. The van der Waals surface area contributed by atoms with Gasteiger partial charge >= 0.3 is 0 Å². The van der Waals surface area contributed by atoms with E-state index >= 15 is 0 Å². The van der Waals surface area contributed by atoms with Crippen molar-refractivity contribution in [3.63, 3.8) is 0 Å². The summed E-state index contributed by atoms with van der Waals surface area (Å²) in [5.74, 6) is 0.225. The van der Waals surface area contributed by atoms with Crippen LogP contribution in [0.5, 0.6) is 11.5 Å². The standard InChI is InChI=1S/C27H39N3O2/c1-7-13-28(14-8-2)20-23-19-24(21-29(15-9-3)16-10-4)27(32)25(26(23)31)22-30(17-11-5)18-12-6/h7-12,19,31-32H,1-6,13-18,20-22H2. The van der Waals surface area contributed by atoms with Crippen molar-refractivity contribution in [1.29, 1.82) is 0 Å². The fraction of sp³-hybridized carbons (Fsp3) is 0.333. The molecule has 0 fully saturated rings. The Hall–Kier alpha value is -2.86. The molecular weight excluding hydrogens is 398 g/mol. The zero-order valence-electron chi connectivity index (χ0n) is 19.4. The van der Waals surface area contributed by atoms with E-state index in [0.717, 1.165) is 11.1 Å². The van der Waals surface area contributed by atoms with Crippen molar-refractivity contribution >= 4 is 0 Å². The largest absolute Gasteiger partial charge is 0.507 e. The van der Waals surface area contributed by atoms with Crippen LogP contribution in [-0.2, 0) is 19.6 Å². The number of benzene rings is 1. The van der Waals surface area contributed by atoms with Crippen LogP contribution in [0.4, 0.5) is 0 Å². The van der Waals surface area contributed by atoms with Crippen LogP contribution in [0, 0.1) is 0 Å². The Morgan fingerprint density at radius 3 is 1.09 bits per heavy atom. The maximum Gasteiger partial charge on any atom is 0.128 e. The van der Waals surface area contributed by atoms with Gasteiger partial charge in [-0.05, 0) is 6.07 Å². The number of phenols is 2. The van der Waals surface area contributed by atoms with E-state index < -0.39 is 0 Å². The van der Waals surface area contributed by atoms with Crippen LogP contribution in [0.15, 0.2) is 82.0 Å². The predicted molar refractivity (Wildman–Crippen MR) is 137 cm³/mol. The normalized spacial score (nSPS) is 11.0. The lowest BCUT2D eigenvalue weighted by Crippen LogP contribution is -2.26. The smallest absolute Gasteiger partial charge is 0.128 e. The Balaban J connectivity index is 3.48. The van der Waals surface area contributed by atoms with Gasteiger partial charge in [0.25, 0.3) is 0 Å². The van der Waals surface area contributed by atoms with E-state index in [9.17, 15) is 10.2 Å². The van der Waals surface area contributed by atoms with Crippen molar-refractivity contribution in [3.8, 4) is 11.5 Å². The molecule has 174 valence electrons. The molecule has 2 N–H and O–H groups in total. The maximum absolute atomic E-state index is 11.1. The molecule has 0 aliphatic heterocycles. The molecule has 0 aliphatic rings. The van der Waals surface area contributed by atoms with Crippen LogP contribution in [0.25, 0.3) is 0 Å². The van der Waals surface area contributed by atoms with Gasteiger partial charge in [0.15, 0.2) is 0 Å². The molecule has 0 unspecified atom stereocenters. The molecule has 0 saturated carbocycles. The fourth-order valence-corrected chi connectivity index (χ4v) is 3.65. The molecule has 0 aromatic heterocycles. The third-order valence-corrected chi connectivity index (χ3v) is 5.02. The molecule has 32 heavy (non-hydrogen) atoms. The van der Waals surface area contributed by atoms with Gasteiger partial charge in [-0.15, -0.1) is 39.5 Å². The molecular formula is C27H39N3O2. The molecule has 0 heterocycles. The van der Waals surface area contributed by atoms with E-state index in [1.54, 1.807) is 12.2 Å². The lowest BCUT2D eigenvalue weighted by molar-refractivity contribution is 0.295. The minimum Gasteiger partial charge on any atom is -0.507 e. The summed E-state index contributed by atoms with van der Waals surface area (Å²) in [4.78, 5) is 6.30. The molecule has 5 nitrogen and oxygen atoms in total. The first-order valence-corrected chi connectivity index (χ1v) is 10.8. The van der Waals surface area contributed by atoms with E-state index in [-0.39, 0.29) is 11.5 Å². The molecule has 0 bridgehead atoms. The SMILES string of the molecule is C=CCN(CC=C)Cc1cc(CN(CC=C)CC=C)c(O)c(CN(CC=C)CC=C)c1O. The molecule has 1 rings (SSSR count). The van der Waals surface area contributed by atoms with Crippen molar-refractivity contribution < 1.29 is 10.2 Å². The summed E-state index contributed by atoms with van der Waals surface area (Å²) in [6.45, 7) is 28.2. The Bertz CT molecular complexity index is 720. The van der Waals surface area contributed by atoms with E-state index in [1.807, 2.05) is 30.4 Å². The summed E-state index contributed by atoms with van der Waals surface area (Å²) in [6.07, 6.45) is 10.9. The number of phenolic OH excluding ortho intramolecular Hbond substituents is 2. The summed E-state index contributed by atoms with van der Waals surface area (Å²) >= 11 is 0. The highest BCUT2D eigenvalue weighted by Crippen LogP contribution is 2.36. The monoisotopic (exact) mass is 437 g/mol. The summed E-state index contributed by atoms with van der Waals surface area (Å²) in [7, 11) is 0. The molecule has 0 amide bonds. The minimum absolute atomic E-state index is 0.112. The van der Waals surface area contributed by atoms with Gasteiger partial charge < -0.3 is 10.2 Å². The van der Waals surface area contributed by atoms with Crippen molar-refractivity contribution in [2.24, 2.45) is 0 Å². The quantitative estimate of drug-likeness (QED) is 0.328. The molecule has 0 aliphatic carbocycles. The van der Waals surface area contributed by atoms with E-state index in [4.69, 9.17) is 0 Å². The lowest BCUT2D eigenvalue weighted by Gasteiger charge is -2.26. The average Bonchev–Trinajstić information content (AvgIpc) is 2.75. The molecule has 1 aromatic carbocycles. The molecule has 1 aromatic rings. The first-order chi connectivity index (χ1) is 15.4. The number of hydrogen-bond donors (Lipinski definition) is 2. The maximum atomic E-state index is 11.1. The van der Waals surface area contributed by atoms with Gasteiger partial charge in [0.05, 0.1) is 5.56 Å². The Morgan fingerprint density at radius 1 is 0.531 bits per heavy atom. The van der Waals surface area contributed by atoms with Crippen molar-refractivity contribution in [1.82, 2.24) is 14.7 Å². The Morgan fingerprint density at radius 2 is 0.812 bits per heavy atom. The van der Waals surface area contributed by atoms with Gasteiger partial charge in [0.1, 0.15) is 11.5 Å². The molecule has 0 atom stereocenters. The van der Waals surface area contributed by atoms with Gasteiger partial charge in [0.2, 0.25) is 0 Å². The minimum atomic E-state index is 0.112. The zero-order valence-corrected chi connectivity index (χ0v) is 19.4. The summed E-state index contributed by atoms with van der Waals surface area (Å²) in [5, 5.41) is 22.3. The molecule has 0 radical (unpaired) electrons. The second-order valence-electron chi connectivity index (χ2n) is 7.68. The summed E-state index contributed by atoms with van der Waals surface area (Å²) < 4.78 is 0. The third-order valence-electron chi connectivity index (χ3n) is 5.02. The van der Waals surface area contributed by atoms with Crippen LogP contribution in [0.2, 0.25) is 0 Å². The fourth-order valence-electron chi connectivity index (χ4n) is 3.65. The van der Waals surface area contributed by atoms with Crippen LogP contribution in [0.1, 0.15) is 16.7 Å². The first-order valence-electron chi connectivity index (χ1n) is 10.8. The molecule has 0 saturated heterocycles. The van der Waals surface area contributed by atoms with Crippen molar-refractivity contribution in [2.45, 2.75) is 19.6 Å². The van der Waals surface area contributed by atoms with Gasteiger partial charge in [-0.25, -0.2) is 0 Å². The Kier molecular flexibility index (Phi) is 12.8. The first kappa shape index (κ1) is 27.2. The highest BCUT2D eigenvalue weighted by atomic mass is 16.3. The van der Waals surface area contributed by atoms with E-state index in [2.05, 4.69) is 54.2 Å². The van der Waals surface area contributed by atoms with Crippen molar-refractivity contribution in [3.05, 3.63) is 98.7 Å². The van der Waals surface area contributed by atoms with E-state index in [0.29, 0.717) is 64.5 Å². The predicted octanol–water partition coefficient (Wildman–Crippen LogP) is 4.62. The van der Waals surface area contributed by atoms with Crippen LogP contribution < -0.4 is 0 Å². The van der Waals surface area contributed by atoms with Crippen LogP contribution in [-0.4, -0.2) is 64.2 Å². The number of aromatic hydroxyl groups is 2. The molecule has 5 heteroatoms. The van der Waals surface area contributed by atoms with Gasteiger partial charge in [-0.1, -0.05) is 36.5 Å². The summed E-state index contributed by atoms with van der Waals surface area (Å²) in [5.41, 5.74) is 2.02. The van der Waals surface area contributed by atoms with Crippen LogP contribution >= 0.6 is 0 Å². The van der Waals surface area contributed by atoms with Crippen LogP contribution in [0.3, 0.4) is 0 Å². The van der Waals surface area contributed by atoms with Gasteiger partial charge in [-0.3, -0.25) is 14.7 Å². The number of rotatable bonds is 18. The van der Waals surface area contributed by atoms with Crippen molar-refractivity contribution in [2.75, 3.05) is 39.3 Å². The Labute approximate surface area is 194 Å². The van der Waals surface area contributed by atoms with Gasteiger partial charge in [-0.2, -0.15) is 0 Å². The second-order valence-corrected chi connectivity index (χ2v) is 7.68. The highest BCUT2D eigenvalue weighted by molar-refractivity contribution is 5.53.